The van der Waals surface area contributed by atoms with E-state index in [1.165, 1.54) is 0 Å². The fraction of sp³-hybridized carbons (Fsp3) is 0.0556. The third-order valence-corrected chi connectivity index (χ3v) is 7.55. The molecule has 0 saturated heterocycles. The summed E-state index contributed by atoms with van der Waals surface area (Å²) in [6, 6.07) is 19.2. The van der Waals surface area contributed by atoms with E-state index in [1.54, 1.807) is 12.4 Å². The molecule has 1 aromatic heterocycles. The summed E-state index contributed by atoms with van der Waals surface area (Å²) in [6.45, 7) is 2.01. The molecule has 1 heterocycles. The molecule has 4 heteroatoms. The lowest BCUT2D eigenvalue weighted by Gasteiger charge is -2.20. The number of aryl methyl sites for hydroxylation is 1. The second kappa shape index (κ2) is 6.20. The highest BCUT2D eigenvalue weighted by atomic mass is 79.9. The molecule has 0 aliphatic carbocycles. The van der Waals surface area contributed by atoms with Gasteiger partial charge in [-0.3, -0.25) is 4.98 Å². The maximum Gasteiger partial charge on any atom is 0.172 e. The Labute approximate surface area is 138 Å². The third kappa shape index (κ3) is 2.67. The summed E-state index contributed by atoms with van der Waals surface area (Å²) in [6.07, 6.45) is 3.40. The van der Waals surface area contributed by atoms with Gasteiger partial charge >= 0.3 is 0 Å². The van der Waals surface area contributed by atoms with Crippen LogP contribution in [0.1, 0.15) is 5.56 Å². The van der Waals surface area contributed by atoms with Crippen molar-refractivity contribution in [1.29, 1.82) is 0 Å². The van der Waals surface area contributed by atoms with Gasteiger partial charge in [0.15, 0.2) is 7.14 Å². The fourth-order valence-corrected chi connectivity index (χ4v) is 5.37. The van der Waals surface area contributed by atoms with Gasteiger partial charge in [-0.15, -0.1) is 0 Å². The van der Waals surface area contributed by atoms with Gasteiger partial charge in [0.1, 0.15) is 0 Å². The predicted molar refractivity (Wildman–Crippen MR) is 96.1 cm³/mol. The zero-order valence-corrected chi connectivity index (χ0v) is 14.6. The van der Waals surface area contributed by atoms with Crippen molar-refractivity contribution in [2.75, 3.05) is 0 Å². The zero-order chi connectivity index (χ0) is 15.6. The summed E-state index contributed by atoms with van der Waals surface area (Å²) < 4.78 is 15.0. The highest BCUT2D eigenvalue weighted by molar-refractivity contribution is 9.10. The van der Waals surface area contributed by atoms with Crippen LogP contribution in [0.3, 0.4) is 0 Å². The molecule has 0 amide bonds. The van der Waals surface area contributed by atoms with Crippen molar-refractivity contribution < 1.29 is 4.57 Å². The predicted octanol–water partition coefficient (Wildman–Crippen LogP) is 3.79. The lowest BCUT2D eigenvalue weighted by atomic mass is 10.2. The molecule has 0 saturated carbocycles. The Morgan fingerprint density at radius 2 is 1.64 bits per heavy atom. The van der Waals surface area contributed by atoms with Crippen LogP contribution in [0.4, 0.5) is 0 Å². The Morgan fingerprint density at radius 1 is 0.909 bits per heavy atom. The average Bonchev–Trinajstić information content (AvgIpc) is 2.58. The highest BCUT2D eigenvalue weighted by Crippen LogP contribution is 2.42. The summed E-state index contributed by atoms with van der Waals surface area (Å²) in [5.74, 6) is 0. The van der Waals surface area contributed by atoms with Crippen LogP contribution in [0, 0.1) is 6.92 Å². The number of hydrogen-bond donors (Lipinski definition) is 0. The van der Waals surface area contributed by atoms with Gasteiger partial charge in [-0.1, -0.05) is 46.3 Å². The van der Waals surface area contributed by atoms with Gasteiger partial charge in [0.05, 0.1) is 0 Å². The monoisotopic (exact) mass is 371 g/mol. The van der Waals surface area contributed by atoms with E-state index < -0.39 is 7.14 Å². The van der Waals surface area contributed by atoms with Gasteiger partial charge in [0.25, 0.3) is 0 Å². The normalized spacial score (nSPS) is 13.5. The molecule has 1 unspecified atom stereocenters. The number of nitrogens with zero attached hydrogens (tertiary/aromatic N) is 1. The minimum absolute atomic E-state index is 0.753. The van der Waals surface area contributed by atoms with Gasteiger partial charge in [-0.2, -0.15) is 0 Å². The van der Waals surface area contributed by atoms with Gasteiger partial charge in [-0.05, 0) is 42.8 Å². The first-order valence-electron chi connectivity index (χ1n) is 6.95. The smallest absolute Gasteiger partial charge is 0.172 e. The molecule has 110 valence electrons. The highest BCUT2D eigenvalue weighted by Gasteiger charge is 2.30. The zero-order valence-electron chi connectivity index (χ0n) is 12.1. The van der Waals surface area contributed by atoms with Gasteiger partial charge < -0.3 is 4.57 Å². The first kappa shape index (κ1) is 15.2. The van der Waals surface area contributed by atoms with Gasteiger partial charge in [0.2, 0.25) is 0 Å². The maximum atomic E-state index is 14.0. The molecule has 0 radical (unpaired) electrons. The molecule has 0 N–H and O–H groups in total. The SMILES string of the molecule is Cc1cc(P(=O)(c2ccccc2)c2cccnc2)ccc1Br. The lowest BCUT2D eigenvalue weighted by molar-refractivity contribution is 0.592. The molecular weight excluding hydrogens is 357 g/mol. The quantitative estimate of drug-likeness (QED) is 0.655. The van der Waals surface area contributed by atoms with E-state index in [0.717, 1.165) is 25.9 Å². The van der Waals surface area contributed by atoms with Crippen LogP contribution in [0.2, 0.25) is 0 Å². The van der Waals surface area contributed by atoms with Crippen molar-refractivity contribution in [3.05, 3.63) is 83.1 Å². The Hall–Kier alpha value is -1.70. The second-order valence-electron chi connectivity index (χ2n) is 5.09. The van der Waals surface area contributed by atoms with E-state index in [1.807, 2.05) is 67.6 Å². The number of hydrogen-bond acceptors (Lipinski definition) is 2. The minimum atomic E-state index is -2.91. The number of rotatable bonds is 3. The Morgan fingerprint density at radius 3 is 2.27 bits per heavy atom. The largest absolute Gasteiger partial charge is 0.309 e. The van der Waals surface area contributed by atoms with Crippen LogP contribution in [0.15, 0.2) is 77.5 Å². The number of pyridine rings is 1. The minimum Gasteiger partial charge on any atom is -0.309 e. The van der Waals surface area contributed by atoms with E-state index in [-0.39, 0.29) is 0 Å². The summed E-state index contributed by atoms with van der Waals surface area (Å²) in [5.41, 5.74) is 1.07. The molecule has 1 atom stereocenters. The Bertz CT molecular complexity index is 791. The number of aromatic nitrogens is 1. The maximum absolute atomic E-state index is 14.0. The first-order chi connectivity index (χ1) is 10.6. The fourth-order valence-electron chi connectivity index (χ4n) is 2.45. The van der Waals surface area contributed by atoms with Crippen LogP contribution in [0.5, 0.6) is 0 Å². The van der Waals surface area contributed by atoms with Crippen LogP contribution < -0.4 is 15.9 Å². The van der Waals surface area contributed by atoms with Gasteiger partial charge in [0, 0.05) is 32.8 Å². The van der Waals surface area contributed by atoms with Gasteiger partial charge in [-0.25, -0.2) is 0 Å². The Balaban J connectivity index is 2.28. The lowest BCUT2D eigenvalue weighted by Crippen LogP contribution is -2.25. The third-order valence-electron chi connectivity index (χ3n) is 3.63. The molecule has 0 bridgehead atoms. The Kier molecular flexibility index (Phi) is 4.28. The molecule has 3 rings (SSSR count). The van der Waals surface area contributed by atoms with E-state index in [2.05, 4.69) is 20.9 Å². The van der Waals surface area contributed by atoms with E-state index in [9.17, 15) is 4.57 Å². The van der Waals surface area contributed by atoms with Crippen LogP contribution in [-0.4, -0.2) is 4.98 Å². The van der Waals surface area contributed by atoms with Crippen LogP contribution in [0.25, 0.3) is 0 Å². The molecule has 2 nitrogen and oxygen atoms in total. The molecular formula is C18H15BrNOP. The molecule has 22 heavy (non-hydrogen) atoms. The van der Waals surface area contributed by atoms with Crippen molar-refractivity contribution in [2.45, 2.75) is 6.92 Å². The standard InChI is InChI=1S/C18H15BrNOP/c1-14-12-16(9-10-18(14)19)22(21,15-6-3-2-4-7-15)17-8-5-11-20-13-17/h2-13H,1H3. The summed E-state index contributed by atoms with van der Waals surface area (Å²) in [4.78, 5) is 4.16. The van der Waals surface area contributed by atoms with Crippen molar-refractivity contribution in [1.82, 2.24) is 4.98 Å². The topological polar surface area (TPSA) is 30.0 Å². The molecule has 2 aromatic carbocycles. The summed E-state index contributed by atoms with van der Waals surface area (Å²) in [7, 11) is -2.91. The van der Waals surface area contributed by atoms with Crippen molar-refractivity contribution in [3.8, 4) is 0 Å². The molecule has 0 fully saturated rings. The molecule has 0 aliphatic heterocycles. The summed E-state index contributed by atoms with van der Waals surface area (Å²) in [5, 5.41) is 2.40. The van der Waals surface area contributed by atoms with Crippen molar-refractivity contribution in [2.24, 2.45) is 0 Å². The van der Waals surface area contributed by atoms with E-state index in [4.69, 9.17) is 0 Å². The summed E-state index contributed by atoms with van der Waals surface area (Å²) >= 11 is 3.51. The number of halogens is 1. The molecule has 3 aromatic rings. The van der Waals surface area contributed by atoms with Crippen LogP contribution >= 0.6 is 23.1 Å². The second-order valence-corrected chi connectivity index (χ2v) is 8.71. The van der Waals surface area contributed by atoms with Crippen molar-refractivity contribution in [3.63, 3.8) is 0 Å². The molecule has 0 aliphatic rings. The first-order valence-corrected chi connectivity index (χ1v) is 9.45. The van der Waals surface area contributed by atoms with Crippen molar-refractivity contribution >= 4 is 39.0 Å². The van der Waals surface area contributed by atoms with E-state index in [0.29, 0.717) is 0 Å². The number of benzene rings is 2. The van der Waals surface area contributed by atoms with Crippen LogP contribution in [-0.2, 0) is 4.57 Å². The molecule has 0 spiro atoms. The average molecular weight is 372 g/mol. The van der Waals surface area contributed by atoms with E-state index >= 15 is 0 Å².